The number of carboxylic acids is 1. The van der Waals surface area contributed by atoms with Crippen molar-refractivity contribution in [3.63, 3.8) is 0 Å². The van der Waals surface area contributed by atoms with Crippen molar-refractivity contribution in [2.24, 2.45) is 0 Å². The van der Waals surface area contributed by atoms with Crippen LogP contribution in [0.15, 0.2) is 0 Å². The summed E-state index contributed by atoms with van der Waals surface area (Å²) in [7, 11) is 0. The molecule has 0 aromatic heterocycles. The van der Waals surface area contributed by atoms with Crippen molar-refractivity contribution < 1.29 is 19.8 Å². The standard InChI is InChI=1S/C5H9NO2.C5H11NO2/c7-5(8)4-2-1-3-6-4;1-5(2,3)6-4(7)8/h4,6H,1-3H2,(H,7,8);6H,1-3H3,(H,7,8)/t4-;/m0./s1. The van der Waals surface area contributed by atoms with Gasteiger partial charge < -0.3 is 20.8 Å². The van der Waals surface area contributed by atoms with Crippen LogP contribution in [0.1, 0.15) is 33.6 Å². The number of rotatable bonds is 1. The highest BCUT2D eigenvalue weighted by molar-refractivity contribution is 5.73. The Morgan fingerprint density at radius 3 is 2.00 bits per heavy atom. The minimum absolute atomic E-state index is 0.269. The summed E-state index contributed by atoms with van der Waals surface area (Å²) in [6.07, 6.45) is 0.809. The maximum absolute atomic E-state index is 10.1. The predicted octanol–water partition coefficient (Wildman–Crippen LogP) is 0.875. The van der Waals surface area contributed by atoms with Crippen LogP contribution in [-0.4, -0.2) is 40.4 Å². The highest BCUT2D eigenvalue weighted by Crippen LogP contribution is 2.03. The normalized spacial score (nSPS) is 19.6. The van der Waals surface area contributed by atoms with Gasteiger partial charge in [0.2, 0.25) is 0 Å². The monoisotopic (exact) mass is 232 g/mol. The molecule has 1 heterocycles. The Hall–Kier alpha value is -1.30. The number of carbonyl (C=O) groups is 2. The first-order valence-electron chi connectivity index (χ1n) is 5.19. The molecule has 4 N–H and O–H groups in total. The number of hydrogen-bond donors (Lipinski definition) is 4. The van der Waals surface area contributed by atoms with Crippen LogP contribution in [0.25, 0.3) is 0 Å². The number of aliphatic carboxylic acids is 1. The number of hydrogen-bond acceptors (Lipinski definition) is 3. The van der Waals surface area contributed by atoms with E-state index in [9.17, 15) is 9.59 Å². The lowest BCUT2D eigenvalue weighted by atomic mass is 10.1. The average Bonchev–Trinajstić information content (AvgIpc) is 2.50. The summed E-state index contributed by atoms with van der Waals surface area (Å²) in [4.78, 5) is 20.0. The van der Waals surface area contributed by atoms with Gasteiger partial charge in [-0.15, -0.1) is 0 Å². The van der Waals surface area contributed by atoms with E-state index in [1.165, 1.54) is 0 Å². The molecule has 0 bridgehead atoms. The second kappa shape index (κ2) is 6.32. The molecule has 1 rings (SSSR count). The van der Waals surface area contributed by atoms with Gasteiger partial charge in [0, 0.05) is 5.54 Å². The summed E-state index contributed by atoms with van der Waals surface area (Å²) in [5.74, 6) is -0.720. The molecule has 1 fully saturated rings. The Kier molecular flexibility index (Phi) is 5.81. The molecule has 0 aliphatic carbocycles. The molecule has 0 radical (unpaired) electrons. The fourth-order valence-corrected chi connectivity index (χ4v) is 1.22. The molecule has 1 saturated heterocycles. The van der Waals surface area contributed by atoms with E-state index in [-0.39, 0.29) is 11.6 Å². The largest absolute Gasteiger partial charge is 0.480 e. The second-order valence-corrected chi connectivity index (χ2v) is 4.67. The van der Waals surface area contributed by atoms with Crippen LogP contribution in [-0.2, 0) is 4.79 Å². The third-order valence-corrected chi connectivity index (χ3v) is 1.84. The van der Waals surface area contributed by atoms with Crippen LogP contribution in [0.2, 0.25) is 0 Å². The average molecular weight is 232 g/mol. The van der Waals surface area contributed by atoms with E-state index in [1.54, 1.807) is 20.8 Å². The fourth-order valence-electron chi connectivity index (χ4n) is 1.22. The summed E-state index contributed by atoms with van der Waals surface area (Å²) in [5, 5.41) is 21.6. The zero-order chi connectivity index (χ0) is 12.8. The second-order valence-electron chi connectivity index (χ2n) is 4.67. The van der Waals surface area contributed by atoms with Gasteiger partial charge in [-0.2, -0.15) is 0 Å². The maximum atomic E-state index is 10.1. The van der Waals surface area contributed by atoms with E-state index in [4.69, 9.17) is 10.2 Å². The number of carboxylic acid groups (broad SMARTS) is 2. The Bertz CT molecular complexity index is 242. The third-order valence-electron chi connectivity index (χ3n) is 1.84. The van der Waals surface area contributed by atoms with Crippen molar-refractivity contribution >= 4 is 12.1 Å². The highest BCUT2D eigenvalue weighted by Gasteiger charge is 2.20. The smallest absolute Gasteiger partial charge is 0.405 e. The summed E-state index contributed by atoms with van der Waals surface area (Å²) in [6, 6.07) is -0.269. The first kappa shape index (κ1) is 14.7. The van der Waals surface area contributed by atoms with E-state index in [0.29, 0.717) is 0 Å². The lowest BCUT2D eigenvalue weighted by Gasteiger charge is -2.16. The molecule has 0 unspecified atom stereocenters. The Labute approximate surface area is 95.0 Å². The molecular weight excluding hydrogens is 212 g/mol. The first-order chi connectivity index (χ1) is 7.22. The third kappa shape index (κ3) is 8.05. The topological polar surface area (TPSA) is 98.7 Å². The van der Waals surface area contributed by atoms with Gasteiger partial charge in [-0.25, -0.2) is 4.79 Å². The van der Waals surface area contributed by atoms with Crippen LogP contribution in [0.4, 0.5) is 4.79 Å². The molecule has 94 valence electrons. The van der Waals surface area contributed by atoms with Gasteiger partial charge in [-0.3, -0.25) is 4.79 Å². The zero-order valence-electron chi connectivity index (χ0n) is 9.91. The van der Waals surface area contributed by atoms with Crippen molar-refractivity contribution in [2.45, 2.75) is 45.2 Å². The van der Waals surface area contributed by atoms with Crippen molar-refractivity contribution in [3.8, 4) is 0 Å². The SMILES string of the molecule is CC(C)(C)NC(=O)O.O=C(O)[C@@H]1CCCN1. The van der Waals surface area contributed by atoms with Gasteiger partial charge in [0.25, 0.3) is 0 Å². The van der Waals surface area contributed by atoms with Gasteiger partial charge in [-0.05, 0) is 40.2 Å². The number of amides is 1. The van der Waals surface area contributed by atoms with Gasteiger partial charge in [-0.1, -0.05) is 0 Å². The summed E-state index contributed by atoms with van der Waals surface area (Å²) >= 11 is 0. The van der Waals surface area contributed by atoms with E-state index < -0.39 is 12.1 Å². The van der Waals surface area contributed by atoms with Gasteiger partial charge in [0.05, 0.1) is 0 Å². The molecular formula is C10H20N2O4. The van der Waals surface area contributed by atoms with Crippen LogP contribution in [0.5, 0.6) is 0 Å². The zero-order valence-corrected chi connectivity index (χ0v) is 9.91. The van der Waals surface area contributed by atoms with E-state index in [2.05, 4.69) is 10.6 Å². The van der Waals surface area contributed by atoms with Gasteiger partial charge in [0.15, 0.2) is 0 Å². The quantitative estimate of drug-likeness (QED) is 0.538. The summed E-state index contributed by atoms with van der Waals surface area (Å²) in [5.41, 5.74) is -0.328. The van der Waals surface area contributed by atoms with Crippen LogP contribution < -0.4 is 10.6 Å². The molecule has 6 nitrogen and oxygen atoms in total. The van der Waals surface area contributed by atoms with Crippen molar-refractivity contribution in [2.75, 3.05) is 6.54 Å². The molecule has 1 aliphatic heterocycles. The van der Waals surface area contributed by atoms with Crippen molar-refractivity contribution in [3.05, 3.63) is 0 Å². The van der Waals surface area contributed by atoms with Crippen LogP contribution in [0, 0.1) is 0 Å². The summed E-state index contributed by atoms with van der Waals surface area (Å²) in [6.45, 7) is 6.24. The Morgan fingerprint density at radius 2 is 1.88 bits per heavy atom. The molecule has 1 amide bonds. The molecule has 1 aliphatic rings. The highest BCUT2D eigenvalue weighted by atomic mass is 16.4. The van der Waals surface area contributed by atoms with E-state index in [0.717, 1.165) is 19.4 Å². The lowest BCUT2D eigenvalue weighted by molar-refractivity contribution is -0.139. The van der Waals surface area contributed by atoms with E-state index in [1.807, 2.05) is 0 Å². The first-order valence-corrected chi connectivity index (χ1v) is 5.19. The van der Waals surface area contributed by atoms with Gasteiger partial charge >= 0.3 is 12.1 Å². The number of nitrogens with one attached hydrogen (secondary N) is 2. The lowest BCUT2D eigenvalue weighted by Crippen LogP contribution is -2.39. The molecule has 0 saturated carbocycles. The fraction of sp³-hybridized carbons (Fsp3) is 0.800. The predicted molar refractivity (Wildman–Crippen MR) is 59.6 cm³/mol. The summed E-state index contributed by atoms with van der Waals surface area (Å²) < 4.78 is 0. The molecule has 0 spiro atoms. The van der Waals surface area contributed by atoms with Crippen molar-refractivity contribution in [1.82, 2.24) is 10.6 Å². The molecule has 0 aromatic carbocycles. The van der Waals surface area contributed by atoms with Crippen LogP contribution >= 0.6 is 0 Å². The molecule has 16 heavy (non-hydrogen) atoms. The van der Waals surface area contributed by atoms with Crippen LogP contribution in [0.3, 0.4) is 0 Å². The molecule has 1 atom stereocenters. The van der Waals surface area contributed by atoms with Crippen molar-refractivity contribution in [1.29, 1.82) is 0 Å². The van der Waals surface area contributed by atoms with Gasteiger partial charge in [0.1, 0.15) is 6.04 Å². The Balaban J connectivity index is 0.000000281. The maximum Gasteiger partial charge on any atom is 0.405 e. The van der Waals surface area contributed by atoms with E-state index >= 15 is 0 Å². The molecule has 6 heteroatoms. The molecule has 0 aromatic rings. The minimum atomic E-state index is -0.975. The Morgan fingerprint density at radius 1 is 1.31 bits per heavy atom. The minimum Gasteiger partial charge on any atom is -0.480 e.